The van der Waals surface area contributed by atoms with Gasteiger partial charge in [0.1, 0.15) is 28.6 Å². The summed E-state index contributed by atoms with van der Waals surface area (Å²) >= 11 is 8.11. The van der Waals surface area contributed by atoms with Gasteiger partial charge in [-0.25, -0.2) is 4.39 Å². The molecule has 0 aliphatic carbocycles. The Balaban J connectivity index is 1.19. The molecule has 48 heavy (non-hydrogen) atoms. The summed E-state index contributed by atoms with van der Waals surface area (Å²) < 4.78 is 32.1. The van der Waals surface area contributed by atoms with Crippen LogP contribution < -0.4 is 25.7 Å². The van der Waals surface area contributed by atoms with Crippen LogP contribution in [-0.4, -0.2) is 47.8 Å². The number of rotatable bonds is 12. The monoisotopic (exact) mass is 685 g/mol. The number of pyridine rings is 3. The molecule has 0 radical (unpaired) electrons. The fourth-order valence-corrected chi connectivity index (χ4v) is 6.14. The summed E-state index contributed by atoms with van der Waals surface area (Å²) in [5.74, 6) is -0.151. The molecule has 0 saturated carbocycles. The first kappa shape index (κ1) is 32.8. The molecule has 10 nitrogen and oxygen atoms in total. The fourth-order valence-electron chi connectivity index (χ4n) is 4.88. The van der Waals surface area contributed by atoms with Crippen LogP contribution in [-0.2, 0) is 11.3 Å². The molecular formula is C35H29ClFN5O5S. The van der Waals surface area contributed by atoms with Crippen LogP contribution in [0.1, 0.15) is 15.9 Å². The third-order valence-electron chi connectivity index (χ3n) is 7.28. The molecule has 0 spiro atoms. The fraction of sp³-hybridized carbons (Fsp3) is 0.143. The number of benzene rings is 2. The third-order valence-corrected chi connectivity index (χ3v) is 8.74. The Hall–Kier alpha value is -5.14. The molecule has 244 valence electrons. The number of nitrogens with one attached hydrogen (secondary N) is 2. The number of amides is 1. The highest BCUT2D eigenvalue weighted by atomic mass is 35.5. The van der Waals surface area contributed by atoms with E-state index in [0.29, 0.717) is 36.0 Å². The lowest BCUT2D eigenvalue weighted by molar-refractivity contribution is 0.102. The van der Waals surface area contributed by atoms with Crippen molar-refractivity contribution in [2.75, 3.05) is 32.7 Å². The van der Waals surface area contributed by atoms with Crippen molar-refractivity contribution >= 4 is 44.7 Å². The maximum atomic E-state index is 13.4. The first-order chi connectivity index (χ1) is 23.3. The number of fused-ring (bicyclic) bond motifs is 1. The molecule has 0 aliphatic rings. The second-order valence-corrected chi connectivity index (χ2v) is 11.9. The highest BCUT2D eigenvalue weighted by Crippen LogP contribution is 2.40. The van der Waals surface area contributed by atoms with Crippen molar-refractivity contribution in [3.05, 3.63) is 124 Å². The molecule has 0 unspecified atom stereocenters. The Morgan fingerprint density at radius 2 is 1.81 bits per heavy atom. The number of carbonyl (C=O) groups excluding carboxylic acids is 1. The first-order valence-corrected chi connectivity index (χ1v) is 15.9. The molecule has 0 bridgehead atoms. The Morgan fingerprint density at radius 3 is 2.54 bits per heavy atom. The largest absolute Gasteiger partial charge is 0.496 e. The molecule has 4 heterocycles. The normalized spacial score (nSPS) is 11.1. The van der Waals surface area contributed by atoms with Crippen molar-refractivity contribution in [2.45, 2.75) is 6.54 Å². The van der Waals surface area contributed by atoms with Gasteiger partial charge in [0.25, 0.3) is 11.5 Å². The summed E-state index contributed by atoms with van der Waals surface area (Å²) in [6.07, 6.45) is 4.96. The number of hydrogen-bond acceptors (Lipinski definition) is 9. The van der Waals surface area contributed by atoms with Crippen molar-refractivity contribution in [3.8, 4) is 33.5 Å². The number of carbonyl (C=O) groups is 1. The van der Waals surface area contributed by atoms with Crippen molar-refractivity contribution in [3.63, 3.8) is 0 Å². The van der Waals surface area contributed by atoms with Crippen molar-refractivity contribution in [1.29, 1.82) is 0 Å². The molecular weight excluding hydrogens is 657 g/mol. The van der Waals surface area contributed by atoms with Crippen LogP contribution in [0.3, 0.4) is 0 Å². The molecule has 6 aromatic rings. The van der Waals surface area contributed by atoms with Gasteiger partial charge in [-0.05, 0) is 66.2 Å². The Morgan fingerprint density at radius 1 is 0.979 bits per heavy atom. The van der Waals surface area contributed by atoms with E-state index in [9.17, 15) is 14.0 Å². The predicted molar refractivity (Wildman–Crippen MR) is 184 cm³/mol. The van der Waals surface area contributed by atoms with Gasteiger partial charge in [0.2, 0.25) is 0 Å². The van der Waals surface area contributed by atoms with Gasteiger partial charge >= 0.3 is 0 Å². The van der Waals surface area contributed by atoms with Crippen molar-refractivity contribution in [2.24, 2.45) is 0 Å². The standard InChI is InChI=1S/C35H29ClFN5O5S/c1-45-16-14-38-19-21-3-9-26(40-20-21)31-18-27-33(48-31)30(11-13-39-27)47-28-10-6-23(17-25(28)36)41-34(43)32-29(46-2)12-15-42(35(32)44)24-7-4-22(37)5-8-24/h3-13,15,17-18,20,38H,14,16,19H2,1-2H3,(H,41,43). The summed E-state index contributed by atoms with van der Waals surface area (Å²) in [6.45, 7) is 2.10. The topological polar surface area (TPSA) is 117 Å². The van der Waals surface area contributed by atoms with E-state index >= 15 is 0 Å². The number of hydrogen-bond donors (Lipinski definition) is 2. The smallest absolute Gasteiger partial charge is 0.271 e. The number of halogens is 2. The van der Waals surface area contributed by atoms with Gasteiger partial charge < -0.3 is 24.8 Å². The van der Waals surface area contributed by atoms with Gasteiger partial charge in [0, 0.05) is 56.2 Å². The minimum Gasteiger partial charge on any atom is -0.496 e. The van der Waals surface area contributed by atoms with Crippen LogP contribution >= 0.6 is 22.9 Å². The molecule has 4 aromatic heterocycles. The van der Waals surface area contributed by atoms with Gasteiger partial charge in [-0.2, -0.15) is 0 Å². The van der Waals surface area contributed by atoms with Crippen LogP contribution in [0.2, 0.25) is 5.02 Å². The average molecular weight is 686 g/mol. The van der Waals surface area contributed by atoms with Crippen molar-refractivity contribution in [1.82, 2.24) is 19.9 Å². The van der Waals surface area contributed by atoms with E-state index in [-0.39, 0.29) is 16.3 Å². The first-order valence-electron chi connectivity index (χ1n) is 14.7. The van der Waals surface area contributed by atoms with Gasteiger partial charge in [-0.1, -0.05) is 17.7 Å². The van der Waals surface area contributed by atoms with Crippen LogP contribution in [0, 0.1) is 5.82 Å². The molecule has 6 rings (SSSR count). The van der Waals surface area contributed by atoms with Gasteiger partial charge in [0.05, 0.1) is 39.5 Å². The Bertz CT molecular complexity index is 2140. The average Bonchev–Trinajstić information content (AvgIpc) is 3.54. The molecule has 0 fully saturated rings. The molecule has 0 atom stereocenters. The summed E-state index contributed by atoms with van der Waals surface area (Å²) in [5.41, 5.74) is 2.50. The number of thiophene rings is 1. The maximum Gasteiger partial charge on any atom is 0.271 e. The summed E-state index contributed by atoms with van der Waals surface area (Å²) in [4.78, 5) is 36.7. The second-order valence-electron chi connectivity index (χ2n) is 10.5. The molecule has 2 aromatic carbocycles. The maximum absolute atomic E-state index is 13.4. The van der Waals surface area contributed by atoms with Crippen LogP contribution in [0.4, 0.5) is 10.1 Å². The van der Waals surface area contributed by atoms with Crippen LogP contribution in [0.15, 0.2) is 96.2 Å². The lowest BCUT2D eigenvalue weighted by atomic mass is 10.2. The van der Waals surface area contributed by atoms with E-state index in [2.05, 4.69) is 20.6 Å². The third kappa shape index (κ3) is 7.21. The van der Waals surface area contributed by atoms with Crippen LogP contribution in [0.5, 0.6) is 17.2 Å². The van der Waals surface area contributed by atoms with E-state index in [1.807, 2.05) is 24.4 Å². The molecule has 2 N–H and O–H groups in total. The van der Waals surface area contributed by atoms with Gasteiger partial charge in [0.15, 0.2) is 0 Å². The van der Waals surface area contributed by atoms with E-state index in [4.69, 9.17) is 25.8 Å². The lowest BCUT2D eigenvalue weighted by Gasteiger charge is -2.13. The number of methoxy groups -OCH3 is 2. The minimum atomic E-state index is -0.705. The highest BCUT2D eigenvalue weighted by molar-refractivity contribution is 7.22. The van der Waals surface area contributed by atoms with E-state index in [1.165, 1.54) is 65.6 Å². The summed E-state index contributed by atoms with van der Waals surface area (Å²) in [6, 6.07) is 19.3. The SMILES string of the molecule is COCCNCc1ccc(-c2cc3nccc(Oc4ccc(NC(=O)c5c(OC)ccn(-c6ccc(F)cc6)c5=O)cc4Cl)c3s2)nc1. The molecule has 0 saturated heterocycles. The number of aromatic nitrogens is 3. The zero-order chi connectivity index (χ0) is 33.6. The highest BCUT2D eigenvalue weighted by Gasteiger charge is 2.21. The summed E-state index contributed by atoms with van der Waals surface area (Å²) in [5, 5.41) is 6.25. The molecule has 0 aliphatic heterocycles. The predicted octanol–water partition coefficient (Wildman–Crippen LogP) is 7.09. The van der Waals surface area contributed by atoms with E-state index < -0.39 is 17.3 Å². The molecule has 13 heteroatoms. The number of ether oxygens (including phenoxy) is 3. The minimum absolute atomic E-state index is 0.0834. The number of nitrogens with zero attached hydrogens (tertiary/aromatic N) is 3. The van der Waals surface area contributed by atoms with E-state index in [1.54, 1.807) is 31.5 Å². The molecule has 1 amide bonds. The quantitative estimate of drug-likeness (QED) is 0.131. The second kappa shape index (κ2) is 14.7. The van der Waals surface area contributed by atoms with Crippen LogP contribution in [0.25, 0.3) is 26.5 Å². The van der Waals surface area contributed by atoms with Gasteiger partial charge in [-0.3, -0.25) is 24.1 Å². The Labute approximate surface area is 283 Å². The number of anilines is 1. The van der Waals surface area contributed by atoms with Crippen molar-refractivity contribution < 1.29 is 23.4 Å². The lowest BCUT2D eigenvalue weighted by Crippen LogP contribution is -2.28. The zero-order valence-electron chi connectivity index (χ0n) is 25.8. The Kier molecular flexibility index (Phi) is 10.1. The zero-order valence-corrected chi connectivity index (χ0v) is 27.4. The summed E-state index contributed by atoms with van der Waals surface area (Å²) in [7, 11) is 3.03. The van der Waals surface area contributed by atoms with Gasteiger partial charge in [-0.15, -0.1) is 11.3 Å². The van der Waals surface area contributed by atoms with E-state index in [0.717, 1.165) is 32.9 Å².